The van der Waals surface area contributed by atoms with Crippen LogP contribution in [0.15, 0.2) is 16.5 Å². The molecule has 1 saturated heterocycles. The van der Waals surface area contributed by atoms with Gasteiger partial charge in [-0.2, -0.15) is 0 Å². The summed E-state index contributed by atoms with van der Waals surface area (Å²) in [4.78, 5) is 40.6. The van der Waals surface area contributed by atoms with Crippen LogP contribution in [0.4, 0.5) is 0 Å². The molecule has 1 aromatic heterocycles. The summed E-state index contributed by atoms with van der Waals surface area (Å²) in [5, 5.41) is 5.15. The lowest BCUT2D eigenvalue weighted by molar-refractivity contribution is -0.149. The molecule has 2 aromatic rings. The summed E-state index contributed by atoms with van der Waals surface area (Å²) in [7, 11) is 1.92. The third-order valence-electron chi connectivity index (χ3n) is 7.53. The number of likely N-dealkylation sites (N-methyl/N-ethyl adjacent to an activating group) is 1. The highest BCUT2D eigenvalue weighted by atomic mass is 16.5. The van der Waals surface area contributed by atoms with E-state index in [0.29, 0.717) is 53.5 Å². The summed E-state index contributed by atoms with van der Waals surface area (Å²) in [6.45, 7) is 6.91. The first-order valence-electron chi connectivity index (χ1n) is 12.5. The van der Waals surface area contributed by atoms with Crippen LogP contribution in [0.25, 0.3) is 23.0 Å². The molecule has 7 nitrogen and oxygen atoms in total. The van der Waals surface area contributed by atoms with Gasteiger partial charge in [0.1, 0.15) is 18.1 Å². The van der Waals surface area contributed by atoms with Crippen LogP contribution in [0.1, 0.15) is 64.6 Å². The number of furan rings is 1. The number of nitrogens with one attached hydrogen (secondary N) is 1. The number of hydrogen-bond donors (Lipinski definition) is 1. The van der Waals surface area contributed by atoms with E-state index < -0.39 is 11.6 Å². The van der Waals surface area contributed by atoms with Crippen molar-refractivity contribution in [2.75, 3.05) is 33.3 Å². The number of Topliss-reactive ketones (excluding diaryl/α,β-unsaturated/α-hetero) is 2. The first kappa shape index (κ1) is 23.7. The van der Waals surface area contributed by atoms with Gasteiger partial charge in [-0.25, -0.2) is 0 Å². The lowest BCUT2D eigenvalue weighted by Crippen LogP contribution is -2.38. The molecule has 2 heterocycles. The van der Waals surface area contributed by atoms with Gasteiger partial charge in [-0.05, 0) is 76.2 Å². The van der Waals surface area contributed by atoms with Crippen LogP contribution in [0.5, 0.6) is 0 Å². The van der Waals surface area contributed by atoms with Gasteiger partial charge in [-0.3, -0.25) is 19.3 Å². The van der Waals surface area contributed by atoms with Crippen LogP contribution >= 0.6 is 0 Å². The van der Waals surface area contributed by atoms with Crippen molar-refractivity contribution in [3.63, 3.8) is 0 Å². The van der Waals surface area contributed by atoms with Crippen LogP contribution in [-0.4, -0.2) is 55.7 Å². The number of piperidine rings is 1. The standard InChI is InChI=1S/C28H32N2O5/c1-16-5-4-6-20-19(16)7-8-21-24(20)26(32)25(31)23-17(2)22(35-27(21)23)15-30(3)13-14-34-28(33)18-9-11-29-12-10-18/h6-8,18,29H,4-5,9-15H2,1-3H3. The fourth-order valence-corrected chi connectivity index (χ4v) is 5.41. The fraction of sp³-hybridized carbons (Fsp3) is 0.464. The van der Waals surface area contributed by atoms with Crippen LogP contribution in [0.3, 0.4) is 0 Å². The molecule has 0 unspecified atom stereocenters. The molecule has 0 bridgehead atoms. The van der Waals surface area contributed by atoms with Gasteiger partial charge in [-0.15, -0.1) is 0 Å². The van der Waals surface area contributed by atoms with Gasteiger partial charge >= 0.3 is 5.97 Å². The van der Waals surface area contributed by atoms with E-state index in [4.69, 9.17) is 9.15 Å². The largest absolute Gasteiger partial charge is 0.464 e. The SMILES string of the molecule is CC1=c2ccc3c(c2=CCC1)C(=O)C(=O)c1c-3oc(CN(C)CCOC(=O)C2CCNCC2)c1C. The van der Waals surface area contributed by atoms with Gasteiger partial charge < -0.3 is 14.5 Å². The first-order valence-corrected chi connectivity index (χ1v) is 12.5. The third-order valence-corrected chi connectivity index (χ3v) is 7.53. The highest BCUT2D eigenvalue weighted by Gasteiger charge is 2.37. The number of benzene rings is 1. The smallest absolute Gasteiger partial charge is 0.309 e. The number of carbonyl (C=O) groups is 3. The molecule has 2 aliphatic carbocycles. The lowest BCUT2D eigenvalue weighted by Gasteiger charge is -2.22. The average Bonchev–Trinajstić information content (AvgIpc) is 3.18. The van der Waals surface area contributed by atoms with E-state index in [1.54, 1.807) is 0 Å². The number of carbonyl (C=O) groups excluding carboxylic acids is 3. The zero-order chi connectivity index (χ0) is 24.7. The lowest BCUT2D eigenvalue weighted by atomic mass is 9.83. The Morgan fingerprint density at radius 2 is 1.89 bits per heavy atom. The van der Waals surface area contributed by atoms with Gasteiger partial charge in [0.2, 0.25) is 11.6 Å². The maximum Gasteiger partial charge on any atom is 0.309 e. The number of nitrogens with zero attached hydrogens (tertiary/aromatic N) is 1. The van der Waals surface area contributed by atoms with Crippen LogP contribution < -0.4 is 15.8 Å². The monoisotopic (exact) mass is 476 g/mol. The summed E-state index contributed by atoms with van der Waals surface area (Å²) in [6, 6.07) is 3.95. The Kier molecular flexibility index (Phi) is 6.47. The quantitative estimate of drug-likeness (QED) is 0.506. The highest BCUT2D eigenvalue weighted by Crippen LogP contribution is 2.37. The summed E-state index contributed by atoms with van der Waals surface area (Å²) in [5.41, 5.74) is 3.47. The van der Waals surface area contributed by atoms with E-state index in [1.165, 1.54) is 5.57 Å². The number of ketones is 2. The minimum Gasteiger partial charge on any atom is -0.464 e. The Hall–Kier alpha value is -3.03. The number of hydrogen-bond acceptors (Lipinski definition) is 7. The Labute approximate surface area is 204 Å². The van der Waals surface area contributed by atoms with E-state index >= 15 is 0 Å². The molecule has 7 heteroatoms. The van der Waals surface area contributed by atoms with Crippen molar-refractivity contribution >= 4 is 29.2 Å². The molecule has 1 aliphatic heterocycles. The van der Waals surface area contributed by atoms with Crippen molar-refractivity contribution in [2.24, 2.45) is 5.92 Å². The minimum atomic E-state index is -0.497. The maximum atomic E-state index is 13.2. The first-order chi connectivity index (χ1) is 16.9. The molecule has 5 rings (SSSR count). The Bertz CT molecular complexity index is 1330. The molecule has 1 aromatic carbocycles. The van der Waals surface area contributed by atoms with Crippen LogP contribution in [0.2, 0.25) is 0 Å². The Morgan fingerprint density at radius 3 is 2.66 bits per heavy atom. The molecular formula is C28H32N2O5. The van der Waals surface area contributed by atoms with Crippen LogP contribution in [-0.2, 0) is 16.1 Å². The predicted octanol–water partition coefficient (Wildman–Crippen LogP) is 2.35. The van der Waals surface area contributed by atoms with Gasteiger partial charge in [0, 0.05) is 23.2 Å². The van der Waals surface area contributed by atoms with Crippen LogP contribution in [0, 0.1) is 12.8 Å². The van der Waals surface area contributed by atoms with E-state index in [9.17, 15) is 14.4 Å². The topological polar surface area (TPSA) is 88.8 Å². The highest BCUT2D eigenvalue weighted by molar-refractivity contribution is 6.53. The molecule has 0 spiro atoms. The van der Waals surface area contributed by atoms with Crippen molar-refractivity contribution in [3.8, 4) is 11.3 Å². The summed E-state index contributed by atoms with van der Waals surface area (Å²) in [5.74, 6) is 0.0434. The molecule has 0 radical (unpaired) electrons. The second kappa shape index (κ2) is 9.55. The molecule has 0 atom stereocenters. The fourth-order valence-electron chi connectivity index (χ4n) is 5.41. The third kappa shape index (κ3) is 4.28. The van der Waals surface area contributed by atoms with Crippen molar-refractivity contribution in [1.29, 1.82) is 0 Å². The van der Waals surface area contributed by atoms with Crippen molar-refractivity contribution in [1.82, 2.24) is 10.2 Å². The normalized spacial score (nSPS) is 17.7. The summed E-state index contributed by atoms with van der Waals surface area (Å²) < 4.78 is 11.7. The van der Waals surface area contributed by atoms with Gasteiger partial charge in [0.15, 0.2) is 0 Å². The number of ether oxygens (including phenoxy) is 1. The van der Waals surface area contributed by atoms with Gasteiger partial charge in [-0.1, -0.05) is 17.7 Å². The molecular weight excluding hydrogens is 444 g/mol. The van der Waals surface area contributed by atoms with Crippen molar-refractivity contribution < 1.29 is 23.5 Å². The maximum absolute atomic E-state index is 13.2. The second-order valence-electron chi connectivity index (χ2n) is 9.91. The zero-order valence-corrected chi connectivity index (χ0v) is 20.7. The van der Waals surface area contributed by atoms with Crippen molar-refractivity contribution in [2.45, 2.75) is 46.1 Å². The molecule has 0 amide bonds. The predicted molar refractivity (Wildman–Crippen MR) is 132 cm³/mol. The molecule has 3 aliphatic rings. The Morgan fingerprint density at radius 1 is 1.14 bits per heavy atom. The average molecular weight is 477 g/mol. The minimum absolute atomic E-state index is 0.0198. The summed E-state index contributed by atoms with van der Waals surface area (Å²) in [6.07, 6.45) is 5.52. The van der Waals surface area contributed by atoms with Gasteiger partial charge in [0.25, 0.3) is 0 Å². The van der Waals surface area contributed by atoms with E-state index in [2.05, 4.69) is 18.3 Å². The molecule has 1 N–H and O–H groups in total. The van der Waals surface area contributed by atoms with E-state index in [0.717, 1.165) is 49.2 Å². The number of rotatable bonds is 6. The number of fused-ring (bicyclic) bond motifs is 5. The van der Waals surface area contributed by atoms with Gasteiger partial charge in [0.05, 0.1) is 18.0 Å². The molecule has 184 valence electrons. The van der Waals surface area contributed by atoms with Crippen molar-refractivity contribution in [3.05, 3.63) is 45.0 Å². The zero-order valence-electron chi connectivity index (χ0n) is 20.7. The number of esters is 1. The molecule has 1 fully saturated rings. The molecule has 35 heavy (non-hydrogen) atoms. The molecule has 0 saturated carbocycles. The van der Waals surface area contributed by atoms with E-state index in [1.807, 2.05) is 31.0 Å². The Balaban J connectivity index is 1.35. The summed E-state index contributed by atoms with van der Waals surface area (Å²) >= 11 is 0. The second-order valence-corrected chi connectivity index (χ2v) is 9.91. The van der Waals surface area contributed by atoms with E-state index in [-0.39, 0.29) is 11.9 Å².